The van der Waals surface area contributed by atoms with Gasteiger partial charge in [-0.05, 0) is 31.0 Å². The quantitative estimate of drug-likeness (QED) is 0.931. The molecule has 2 heterocycles. The number of halogens is 1. The molecule has 1 aromatic rings. The highest BCUT2D eigenvalue weighted by atomic mass is 35.5. The Labute approximate surface area is 128 Å². The summed E-state index contributed by atoms with van der Waals surface area (Å²) in [4.78, 5) is 26.7. The summed E-state index contributed by atoms with van der Waals surface area (Å²) < 4.78 is 0. The van der Waals surface area contributed by atoms with Gasteiger partial charge in [-0.15, -0.1) is 0 Å². The third-order valence-corrected chi connectivity index (χ3v) is 4.47. The zero-order valence-corrected chi connectivity index (χ0v) is 12.3. The van der Waals surface area contributed by atoms with Gasteiger partial charge >= 0.3 is 5.97 Å². The molecule has 1 atom stereocenters. The Morgan fingerprint density at radius 1 is 1.29 bits per heavy atom. The van der Waals surface area contributed by atoms with Crippen molar-refractivity contribution in [1.82, 2.24) is 0 Å². The van der Waals surface area contributed by atoms with Crippen LogP contribution in [0.4, 0.5) is 11.4 Å². The van der Waals surface area contributed by atoms with Gasteiger partial charge in [0.05, 0.1) is 16.6 Å². The molecule has 1 N–H and O–H groups in total. The zero-order chi connectivity index (χ0) is 15.0. The lowest BCUT2D eigenvalue weighted by molar-refractivity contribution is -0.141. The molecule has 2 aliphatic heterocycles. The molecule has 0 unspecified atom stereocenters. The molecule has 0 bridgehead atoms. The Morgan fingerprint density at radius 3 is 2.57 bits per heavy atom. The van der Waals surface area contributed by atoms with Crippen LogP contribution in [0.1, 0.15) is 19.3 Å². The highest BCUT2D eigenvalue weighted by Gasteiger charge is 2.35. The second-order valence-electron chi connectivity index (χ2n) is 5.57. The number of carboxylic acid groups (broad SMARTS) is 1. The molecule has 0 aromatic heterocycles. The molecule has 6 heteroatoms. The summed E-state index contributed by atoms with van der Waals surface area (Å²) >= 11 is 6.34. The van der Waals surface area contributed by atoms with E-state index in [9.17, 15) is 9.59 Å². The van der Waals surface area contributed by atoms with E-state index in [1.807, 2.05) is 12.1 Å². The van der Waals surface area contributed by atoms with Gasteiger partial charge in [-0.3, -0.25) is 9.59 Å². The predicted octanol–water partition coefficient (Wildman–Crippen LogP) is 2.38. The minimum absolute atomic E-state index is 0.0564. The molecule has 3 rings (SSSR count). The van der Waals surface area contributed by atoms with Gasteiger partial charge in [-0.25, -0.2) is 0 Å². The first-order valence-corrected chi connectivity index (χ1v) is 7.52. The fourth-order valence-electron chi connectivity index (χ4n) is 3.00. The summed E-state index contributed by atoms with van der Waals surface area (Å²) in [6.45, 7) is 2.22. The number of carbonyl (C=O) groups is 2. The van der Waals surface area contributed by atoms with Gasteiger partial charge in [-0.1, -0.05) is 11.6 Å². The van der Waals surface area contributed by atoms with E-state index in [0.717, 1.165) is 18.8 Å². The van der Waals surface area contributed by atoms with Gasteiger partial charge in [0.1, 0.15) is 0 Å². The number of hydrogen-bond acceptors (Lipinski definition) is 3. The molecule has 0 saturated carbocycles. The number of hydrogen-bond donors (Lipinski definition) is 1. The summed E-state index contributed by atoms with van der Waals surface area (Å²) in [5.74, 6) is -1.72. The molecular formula is C15H17ClN2O3. The SMILES string of the molecule is O=C(O)[C@H]1CC(=O)N(c2ccc(N3CCCC3)c(Cl)c2)C1. The second-order valence-corrected chi connectivity index (χ2v) is 5.98. The number of amides is 1. The number of aliphatic carboxylic acids is 1. The molecule has 112 valence electrons. The van der Waals surface area contributed by atoms with Crippen molar-refractivity contribution in [2.24, 2.45) is 5.92 Å². The van der Waals surface area contributed by atoms with Gasteiger partial charge in [0.15, 0.2) is 0 Å². The third-order valence-electron chi connectivity index (χ3n) is 4.16. The Kier molecular flexibility index (Phi) is 3.76. The summed E-state index contributed by atoms with van der Waals surface area (Å²) in [5, 5.41) is 9.64. The van der Waals surface area contributed by atoms with Crippen molar-refractivity contribution < 1.29 is 14.7 Å². The van der Waals surface area contributed by atoms with Gasteiger partial charge in [0.2, 0.25) is 5.91 Å². The topological polar surface area (TPSA) is 60.9 Å². The molecule has 2 saturated heterocycles. The number of carbonyl (C=O) groups excluding carboxylic acids is 1. The van der Waals surface area contributed by atoms with Crippen LogP contribution in [0.3, 0.4) is 0 Å². The Morgan fingerprint density at radius 2 is 2.00 bits per heavy atom. The average molecular weight is 309 g/mol. The maximum Gasteiger partial charge on any atom is 0.308 e. The molecule has 2 fully saturated rings. The Balaban J connectivity index is 1.82. The van der Waals surface area contributed by atoms with E-state index in [1.54, 1.807) is 6.07 Å². The lowest BCUT2D eigenvalue weighted by atomic mass is 10.1. The van der Waals surface area contributed by atoms with Crippen molar-refractivity contribution >= 4 is 34.9 Å². The molecular weight excluding hydrogens is 292 g/mol. The number of carboxylic acids is 1. The molecule has 21 heavy (non-hydrogen) atoms. The maximum atomic E-state index is 12.0. The molecule has 0 radical (unpaired) electrons. The lowest BCUT2D eigenvalue weighted by Gasteiger charge is -2.22. The third kappa shape index (κ3) is 2.70. The standard InChI is InChI=1S/C15H17ClN2O3/c16-12-8-11(3-4-13(12)17-5-1-2-6-17)18-9-10(15(20)21)7-14(18)19/h3-4,8,10H,1-2,5-7,9H2,(H,20,21)/t10-/m0/s1. The molecule has 5 nitrogen and oxygen atoms in total. The van der Waals surface area contributed by atoms with Crippen molar-refractivity contribution in [3.05, 3.63) is 23.2 Å². The van der Waals surface area contributed by atoms with Gasteiger partial charge < -0.3 is 14.9 Å². The van der Waals surface area contributed by atoms with Crippen molar-refractivity contribution in [2.45, 2.75) is 19.3 Å². The highest BCUT2D eigenvalue weighted by molar-refractivity contribution is 6.33. The first-order chi connectivity index (χ1) is 10.1. The number of nitrogens with zero attached hydrogens (tertiary/aromatic N) is 2. The Hall–Kier alpha value is -1.75. The van der Waals surface area contributed by atoms with E-state index in [2.05, 4.69) is 4.90 Å². The van der Waals surface area contributed by atoms with Crippen LogP contribution in [0.15, 0.2) is 18.2 Å². The van der Waals surface area contributed by atoms with Gasteiger partial charge in [-0.2, -0.15) is 0 Å². The van der Waals surface area contributed by atoms with E-state index in [0.29, 0.717) is 10.7 Å². The zero-order valence-electron chi connectivity index (χ0n) is 11.6. The summed E-state index contributed by atoms with van der Waals surface area (Å²) in [6, 6.07) is 5.53. The first-order valence-electron chi connectivity index (χ1n) is 7.14. The predicted molar refractivity (Wildman–Crippen MR) is 81.0 cm³/mol. The van der Waals surface area contributed by atoms with Crippen molar-refractivity contribution in [3.8, 4) is 0 Å². The lowest BCUT2D eigenvalue weighted by Crippen LogP contribution is -2.26. The number of rotatable bonds is 3. The van der Waals surface area contributed by atoms with Crippen molar-refractivity contribution in [2.75, 3.05) is 29.4 Å². The van der Waals surface area contributed by atoms with Crippen molar-refractivity contribution in [3.63, 3.8) is 0 Å². The fraction of sp³-hybridized carbons (Fsp3) is 0.467. The smallest absolute Gasteiger partial charge is 0.308 e. The molecule has 2 aliphatic rings. The minimum Gasteiger partial charge on any atom is -0.481 e. The van der Waals surface area contributed by atoms with Crippen LogP contribution < -0.4 is 9.80 Å². The van der Waals surface area contributed by atoms with E-state index >= 15 is 0 Å². The largest absolute Gasteiger partial charge is 0.481 e. The molecule has 0 aliphatic carbocycles. The van der Waals surface area contributed by atoms with E-state index < -0.39 is 11.9 Å². The van der Waals surface area contributed by atoms with Crippen LogP contribution in [0.2, 0.25) is 5.02 Å². The minimum atomic E-state index is -0.925. The van der Waals surface area contributed by atoms with E-state index in [1.165, 1.54) is 17.7 Å². The van der Waals surface area contributed by atoms with Crippen LogP contribution in [0.5, 0.6) is 0 Å². The Bertz CT molecular complexity index is 584. The van der Waals surface area contributed by atoms with Crippen LogP contribution in [0, 0.1) is 5.92 Å². The number of benzene rings is 1. The van der Waals surface area contributed by atoms with Gasteiger partial charge in [0.25, 0.3) is 0 Å². The highest BCUT2D eigenvalue weighted by Crippen LogP contribution is 2.34. The maximum absolute atomic E-state index is 12.0. The van der Waals surface area contributed by atoms with E-state index in [-0.39, 0.29) is 18.9 Å². The molecule has 0 spiro atoms. The van der Waals surface area contributed by atoms with Crippen LogP contribution in [0.25, 0.3) is 0 Å². The molecule has 1 aromatic carbocycles. The summed E-state index contributed by atoms with van der Waals surface area (Å²) in [6.07, 6.45) is 2.40. The number of anilines is 2. The fourth-order valence-corrected chi connectivity index (χ4v) is 3.30. The first kappa shape index (κ1) is 14.2. The van der Waals surface area contributed by atoms with Crippen molar-refractivity contribution in [1.29, 1.82) is 0 Å². The average Bonchev–Trinajstić information content (AvgIpc) is 3.07. The normalized spacial score (nSPS) is 22.1. The van der Waals surface area contributed by atoms with Gasteiger partial charge in [0, 0.05) is 31.7 Å². The molecule has 1 amide bonds. The second kappa shape index (κ2) is 5.56. The van der Waals surface area contributed by atoms with E-state index in [4.69, 9.17) is 16.7 Å². The van der Waals surface area contributed by atoms with Crippen LogP contribution >= 0.6 is 11.6 Å². The monoisotopic (exact) mass is 308 g/mol. The van der Waals surface area contributed by atoms with Crippen LogP contribution in [-0.2, 0) is 9.59 Å². The van der Waals surface area contributed by atoms with Crippen LogP contribution in [-0.4, -0.2) is 36.6 Å². The summed E-state index contributed by atoms with van der Waals surface area (Å²) in [7, 11) is 0. The summed E-state index contributed by atoms with van der Waals surface area (Å²) in [5.41, 5.74) is 1.66.